The minimum atomic E-state index is -0.525. The second kappa shape index (κ2) is 4.25. The fraction of sp³-hybridized carbons (Fsp3) is 0.857. The lowest BCUT2D eigenvalue weighted by Crippen LogP contribution is -2.65. The zero-order valence-corrected chi connectivity index (χ0v) is 12.7. The van der Waals surface area contributed by atoms with Gasteiger partial charge in [-0.05, 0) is 39.5 Å². The van der Waals surface area contributed by atoms with Crippen LogP contribution in [-0.2, 0) is 4.79 Å². The SMILES string of the molecule is CC(C)(C)CC(C)(C)N1C(=O)NCC(C)(C)C1=O. The Bertz CT molecular complexity index is 364. The third kappa shape index (κ3) is 3.03. The average Bonchev–Trinajstić information content (AvgIpc) is 2.08. The van der Waals surface area contributed by atoms with Gasteiger partial charge in [0.25, 0.3) is 0 Å². The van der Waals surface area contributed by atoms with E-state index in [4.69, 9.17) is 0 Å². The number of nitrogens with zero attached hydrogens (tertiary/aromatic N) is 1. The molecule has 0 unspecified atom stereocenters. The molecular formula is C14H26N2O2. The van der Waals surface area contributed by atoms with Crippen molar-refractivity contribution in [1.29, 1.82) is 0 Å². The van der Waals surface area contributed by atoms with Crippen LogP contribution in [0.5, 0.6) is 0 Å². The van der Waals surface area contributed by atoms with E-state index >= 15 is 0 Å². The number of rotatable bonds is 2. The summed E-state index contributed by atoms with van der Waals surface area (Å²) in [6, 6.07) is -0.270. The van der Waals surface area contributed by atoms with Crippen molar-refractivity contribution in [2.45, 2.75) is 60.4 Å². The smallest absolute Gasteiger partial charge is 0.324 e. The van der Waals surface area contributed by atoms with Gasteiger partial charge in [-0.3, -0.25) is 9.69 Å². The maximum absolute atomic E-state index is 12.5. The summed E-state index contributed by atoms with van der Waals surface area (Å²) in [6.07, 6.45) is 0.773. The Hall–Kier alpha value is -1.06. The summed E-state index contributed by atoms with van der Waals surface area (Å²) in [5.74, 6) is -0.0829. The van der Waals surface area contributed by atoms with Gasteiger partial charge in [0.1, 0.15) is 0 Å². The largest absolute Gasteiger partial charge is 0.337 e. The molecule has 3 amide bonds. The van der Waals surface area contributed by atoms with Crippen LogP contribution in [0.25, 0.3) is 0 Å². The fourth-order valence-electron chi connectivity index (χ4n) is 2.77. The summed E-state index contributed by atoms with van der Waals surface area (Å²) in [5, 5.41) is 2.81. The van der Waals surface area contributed by atoms with Crippen LogP contribution in [0.1, 0.15) is 54.9 Å². The van der Waals surface area contributed by atoms with Crippen molar-refractivity contribution in [3.8, 4) is 0 Å². The van der Waals surface area contributed by atoms with Crippen LogP contribution in [0, 0.1) is 10.8 Å². The standard InChI is InChI=1S/C14H26N2O2/c1-12(2,3)8-14(6,7)16-10(17)13(4,5)9-15-11(16)18/h8-9H2,1-7H3,(H,15,18). The third-order valence-corrected chi connectivity index (χ3v) is 3.23. The first-order valence-corrected chi connectivity index (χ1v) is 6.49. The molecule has 0 aliphatic carbocycles. The number of carbonyl (C=O) groups is 2. The second-order valence-corrected chi connectivity index (χ2v) is 7.73. The molecule has 0 bridgehead atoms. The molecule has 0 aromatic carbocycles. The molecule has 1 aliphatic rings. The second-order valence-electron chi connectivity index (χ2n) is 7.73. The molecule has 0 atom stereocenters. The highest BCUT2D eigenvalue weighted by Gasteiger charge is 2.47. The molecule has 104 valence electrons. The lowest BCUT2D eigenvalue weighted by atomic mass is 9.79. The molecule has 0 aromatic rings. The van der Waals surface area contributed by atoms with Gasteiger partial charge in [-0.2, -0.15) is 0 Å². The van der Waals surface area contributed by atoms with Crippen LogP contribution >= 0.6 is 0 Å². The van der Waals surface area contributed by atoms with Gasteiger partial charge in [-0.1, -0.05) is 20.8 Å². The molecule has 0 radical (unpaired) electrons. The first-order valence-electron chi connectivity index (χ1n) is 6.49. The monoisotopic (exact) mass is 254 g/mol. The summed E-state index contributed by atoms with van der Waals surface area (Å²) in [7, 11) is 0. The van der Waals surface area contributed by atoms with Gasteiger partial charge in [0, 0.05) is 12.1 Å². The van der Waals surface area contributed by atoms with Gasteiger partial charge in [-0.25, -0.2) is 4.79 Å². The average molecular weight is 254 g/mol. The van der Waals surface area contributed by atoms with Gasteiger partial charge in [0.15, 0.2) is 0 Å². The van der Waals surface area contributed by atoms with Crippen LogP contribution in [0.2, 0.25) is 0 Å². The Labute approximate surface area is 110 Å². The van der Waals surface area contributed by atoms with Gasteiger partial charge < -0.3 is 5.32 Å². The highest BCUT2D eigenvalue weighted by Crippen LogP contribution is 2.35. The maximum atomic E-state index is 12.5. The number of nitrogens with one attached hydrogen (secondary N) is 1. The maximum Gasteiger partial charge on any atom is 0.324 e. The first kappa shape index (κ1) is 15.0. The summed E-state index contributed by atoms with van der Waals surface area (Å²) in [4.78, 5) is 25.9. The molecule has 1 aliphatic heterocycles. The predicted octanol–water partition coefficient (Wildman–Crippen LogP) is 2.78. The van der Waals surface area contributed by atoms with Crippen LogP contribution in [0.3, 0.4) is 0 Å². The van der Waals surface area contributed by atoms with E-state index in [0.717, 1.165) is 6.42 Å². The van der Waals surface area contributed by atoms with Crippen molar-refractivity contribution < 1.29 is 9.59 Å². The van der Waals surface area contributed by atoms with Crippen LogP contribution in [0.4, 0.5) is 4.79 Å². The summed E-state index contributed by atoms with van der Waals surface area (Å²) >= 11 is 0. The van der Waals surface area contributed by atoms with Gasteiger partial charge >= 0.3 is 6.03 Å². The van der Waals surface area contributed by atoms with Gasteiger partial charge in [0.2, 0.25) is 5.91 Å². The lowest BCUT2D eigenvalue weighted by molar-refractivity contribution is -0.144. The minimum absolute atomic E-state index is 0.0612. The molecule has 1 heterocycles. The van der Waals surface area contributed by atoms with Crippen molar-refractivity contribution in [2.24, 2.45) is 10.8 Å². The minimum Gasteiger partial charge on any atom is -0.337 e. The fourth-order valence-corrected chi connectivity index (χ4v) is 2.77. The van der Waals surface area contributed by atoms with Crippen LogP contribution in [0.15, 0.2) is 0 Å². The molecule has 18 heavy (non-hydrogen) atoms. The molecule has 1 rings (SSSR count). The number of hydrogen-bond donors (Lipinski definition) is 1. The number of hydrogen-bond acceptors (Lipinski definition) is 2. The highest BCUT2D eigenvalue weighted by atomic mass is 16.2. The zero-order valence-electron chi connectivity index (χ0n) is 12.7. The van der Waals surface area contributed by atoms with Crippen molar-refractivity contribution in [1.82, 2.24) is 10.2 Å². The quantitative estimate of drug-likeness (QED) is 0.823. The Kier molecular flexibility index (Phi) is 3.54. The topological polar surface area (TPSA) is 49.4 Å². The van der Waals surface area contributed by atoms with E-state index in [2.05, 4.69) is 26.1 Å². The third-order valence-electron chi connectivity index (χ3n) is 3.23. The normalized spacial score (nSPS) is 20.9. The molecule has 4 heteroatoms. The van der Waals surface area contributed by atoms with Crippen LogP contribution < -0.4 is 5.32 Å². The number of carbonyl (C=O) groups excluding carboxylic acids is 2. The van der Waals surface area contributed by atoms with Crippen molar-refractivity contribution in [2.75, 3.05) is 6.54 Å². The molecule has 1 fully saturated rings. The molecule has 0 aromatic heterocycles. The van der Waals surface area contributed by atoms with Gasteiger partial charge in [-0.15, -0.1) is 0 Å². The van der Waals surface area contributed by atoms with E-state index < -0.39 is 11.0 Å². The Morgan fingerprint density at radius 1 is 1.17 bits per heavy atom. The Balaban J connectivity index is 3.04. The summed E-state index contributed by atoms with van der Waals surface area (Å²) in [6.45, 7) is 14.4. The molecule has 1 N–H and O–H groups in total. The molecule has 1 saturated heterocycles. The zero-order chi connectivity index (χ0) is 14.4. The molecule has 0 saturated carbocycles. The highest BCUT2D eigenvalue weighted by molar-refractivity contribution is 6.00. The van der Waals surface area contributed by atoms with Crippen molar-refractivity contribution >= 4 is 11.9 Å². The van der Waals surface area contributed by atoms with E-state index in [0.29, 0.717) is 6.54 Å². The van der Waals surface area contributed by atoms with Crippen molar-refractivity contribution in [3.63, 3.8) is 0 Å². The van der Waals surface area contributed by atoms with Gasteiger partial charge in [0.05, 0.1) is 5.41 Å². The van der Waals surface area contributed by atoms with E-state index in [1.807, 2.05) is 27.7 Å². The number of urea groups is 1. The van der Waals surface area contributed by atoms with E-state index in [9.17, 15) is 9.59 Å². The Morgan fingerprint density at radius 3 is 2.11 bits per heavy atom. The molecular weight excluding hydrogens is 228 g/mol. The summed E-state index contributed by atoms with van der Waals surface area (Å²) < 4.78 is 0. The van der Waals surface area contributed by atoms with E-state index in [-0.39, 0.29) is 17.4 Å². The lowest BCUT2D eigenvalue weighted by Gasteiger charge is -2.46. The van der Waals surface area contributed by atoms with Crippen molar-refractivity contribution in [3.05, 3.63) is 0 Å². The predicted molar refractivity (Wildman–Crippen MR) is 72.2 cm³/mol. The molecule has 4 nitrogen and oxygen atoms in total. The number of imide groups is 1. The molecule has 0 spiro atoms. The first-order chi connectivity index (χ1) is 7.87. The van der Waals surface area contributed by atoms with E-state index in [1.54, 1.807) is 0 Å². The van der Waals surface area contributed by atoms with Crippen LogP contribution in [-0.4, -0.2) is 28.9 Å². The number of amides is 3. The van der Waals surface area contributed by atoms with E-state index in [1.165, 1.54) is 4.90 Å². The summed E-state index contributed by atoms with van der Waals surface area (Å²) in [5.41, 5.74) is -0.939. The Morgan fingerprint density at radius 2 is 1.67 bits per heavy atom.